The molecule has 2 aromatic rings. The molecular weight excluding hydrogens is 368 g/mol. The lowest BCUT2D eigenvalue weighted by molar-refractivity contribution is -0.478. The predicted molar refractivity (Wildman–Crippen MR) is 109 cm³/mol. The van der Waals surface area contributed by atoms with Crippen LogP contribution in [-0.4, -0.2) is 46.2 Å². The second-order valence-electron chi connectivity index (χ2n) is 7.43. The van der Waals surface area contributed by atoms with Crippen LogP contribution in [0.5, 0.6) is 0 Å². The summed E-state index contributed by atoms with van der Waals surface area (Å²) in [5.41, 5.74) is 0.461. The number of hydrogen-bond donors (Lipinski definition) is 1. The number of likely N-dealkylation sites (N-methyl/N-ethyl adjacent to an activating group) is 1. The van der Waals surface area contributed by atoms with Crippen molar-refractivity contribution in [2.45, 2.75) is 31.8 Å². The van der Waals surface area contributed by atoms with Gasteiger partial charge in [-0.05, 0) is 31.4 Å². The van der Waals surface area contributed by atoms with Crippen molar-refractivity contribution in [3.63, 3.8) is 0 Å². The van der Waals surface area contributed by atoms with E-state index < -0.39 is 17.4 Å². The van der Waals surface area contributed by atoms with E-state index in [-0.39, 0.29) is 18.4 Å². The molecular formula is C23H27N2O4+. The monoisotopic (exact) mass is 395 g/mol. The highest BCUT2D eigenvalue weighted by Crippen LogP contribution is 2.55. The summed E-state index contributed by atoms with van der Waals surface area (Å²) in [6.07, 6.45) is -0.989. The largest absolute Gasteiger partial charge is 0.465 e. The van der Waals surface area contributed by atoms with Gasteiger partial charge < -0.3 is 10.0 Å². The highest BCUT2D eigenvalue weighted by molar-refractivity contribution is 5.92. The molecule has 0 saturated heterocycles. The van der Waals surface area contributed by atoms with Crippen molar-refractivity contribution in [3.8, 4) is 0 Å². The Hall–Kier alpha value is -2.86. The second-order valence-corrected chi connectivity index (χ2v) is 7.43. The number of hydrogen-bond acceptors (Lipinski definition) is 4. The third-order valence-corrected chi connectivity index (χ3v) is 5.81. The van der Waals surface area contributed by atoms with Gasteiger partial charge in [-0.1, -0.05) is 60.7 Å². The summed E-state index contributed by atoms with van der Waals surface area (Å²) in [6, 6.07) is 17.8. The Kier molecular flexibility index (Phi) is 6.23. The molecule has 1 saturated carbocycles. The molecule has 2 aromatic carbocycles. The van der Waals surface area contributed by atoms with E-state index in [4.69, 9.17) is 0 Å². The maximum absolute atomic E-state index is 13.3. The van der Waals surface area contributed by atoms with Gasteiger partial charge in [0.25, 0.3) is 0 Å². The Morgan fingerprint density at radius 1 is 1.07 bits per heavy atom. The highest BCUT2D eigenvalue weighted by atomic mass is 16.3. The number of aliphatic hydroxyl groups excluding tert-OH is 1. The molecule has 3 atom stereocenters. The normalized spacial score (nSPS) is 21.3. The lowest BCUT2D eigenvalue weighted by atomic mass is 9.91. The molecule has 3 rings (SSSR count). The number of carbonyl (C=O) groups is 2. The van der Waals surface area contributed by atoms with Gasteiger partial charge in [0.05, 0.1) is 10.2 Å². The minimum absolute atomic E-state index is 0.0110. The van der Waals surface area contributed by atoms with E-state index in [1.54, 1.807) is 35.2 Å². The van der Waals surface area contributed by atoms with Crippen molar-refractivity contribution in [3.05, 3.63) is 76.7 Å². The molecule has 29 heavy (non-hydrogen) atoms. The van der Waals surface area contributed by atoms with E-state index in [9.17, 15) is 19.6 Å². The molecule has 0 aliphatic heterocycles. The summed E-state index contributed by atoms with van der Waals surface area (Å²) in [6.45, 7) is 4.91. The van der Waals surface area contributed by atoms with E-state index in [0.717, 1.165) is 5.56 Å². The minimum atomic E-state index is -1.50. The van der Waals surface area contributed by atoms with Crippen LogP contribution in [0.2, 0.25) is 0 Å². The Labute approximate surface area is 170 Å². The first-order chi connectivity index (χ1) is 14.0. The highest BCUT2D eigenvalue weighted by Gasteiger charge is 2.65. The molecule has 1 fully saturated rings. The molecule has 0 aromatic heterocycles. The second kappa shape index (κ2) is 8.66. The minimum Gasteiger partial charge on any atom is -0.374 e. The topological polar surface area (TPSA) is 77.7 Å². The van der Waals surface area contributed by atoms with E-state index in [1.165, 1.54) is 0 Å². The van der Waals surface area contributed by atoms with Crippen molar-refractivity contribution in [1.29, 1.82) is 0 Å². The molecule has 0 bridgehead atoms. The SMILES string of the molecule is CCN(CC)C(=O)[C@@]1(c2ccccc2)C[C@H]1C[N+](=O)C(=O)[C@H](O)c1ccccc1. The molecule has 1 N–H and O–H groups in total. The molecule has 1 aliphatic rings. The van der Waals surface area contributed by atoms with Crippen LogP contribution in [0.3, 0.4) is 0 Å². The van der Waals surface area contributed by atoms with Crippen molar-refractivity contribution < 1.29 is 19.5 Å². The number of nitroso groups, excluding NO2 is 1. The van der Waals surface area contributed by atoms with Gasteiger partial charge in [0.2, 0.25) is 18.6 Å². The first-order valence-corrected chi connectivity index (χ1v) is 10.0. The third-order valence-electron chi connectivity index (χ3n) is 5.81. The Morgan fingerprint density at radius 2 is 1.62 bits per heavy atom. The van der Waals surface area contributed by atoms with Crippen LogP contribution in [0.4, 0.5) is 0 Å². The van der Waals surface area contributed by atoms with Crippen LogP contribution in [-0.2, 0) is 15.0 Å². The lowest BCUT2D eigenvalue weighted by Gasteiger charge is -2.26. The van der Waals surface area contributed by atoms with Gasteiger partial charge in [0.1, 0.15) is 0 Å². The van der Waals surface area contributed by atoms with E-state index in [1.807, 2.05) is 44.2 Å². The van der Waals surface area contributed by atoms with Crippen LogP contribution in [0.25, 0.3) is 0 Å². The maximum Gasteiger partial charge on any atom is 0.465 e. The van der Waals surface area contributed by atoms with Gasteiger partial charge in [-0.15, -0.1) is 0 Å². The van der Waals surface area contributed by atoms with Gasteiger partial charge in [0.15, 0.2) is 0 Å². The summed E-state index contributed by atoms with van der Waals surface area (Å²) in [7, 11) is 0. The maximum atomic E-state index is 13.3. The zero-order valence-corrected chi connectivity index (χ0v) is 16.8. The fourth-order valence-electron chi connectivity index (χ4n) is 4.02. The summed E-state index contributed by atoms with van der Waals surface area (Å²) in [5, 5.41) is 10.2. The number of rotatable bonds is 8. The molecule has 1 aliphatic carbocycles. The molecule has 0 unspecified atom stereocenters. The molecule has 2 amide bonds. The molecule has 6 heteroatoms. The Morgan fingerprint density at radius 3 is 2.17 bits per heavy atom. The Balaban J connectivity index is 1.79. The quantitative estimate of drug-likeness (QED) is 0.697. The van der Waals surface area contributed by atoms with Crippen LogP contribution in [0.1, 0.15) is 37.5 Å². The van der Waals surface area contributed by atoms with Crippen LogP contribution in [0, 0.1) is 10.8 Å². The number of carbonyl (C=O) groups excluding carboxylic acids is 2. The first-order valence-electron chi connectivity index (χ1n) is 10.0. The van der Waals surface area contributed by atoms with Crippen LogP contribution < -0.4 is 0 Å². The molecule has 6 nitrogen and oxygen atoms in total. The zero-order valence-electron chi connectivity index (χ0n) is 16.8. The predicted octanol–water partition coefficient (Wildman–Crippen LogP) is 2.85. The number of nitrogens with zero attached hydrogens (tertiary/aromatic N) is 2. The molecule has 0 radical (unpaired) electrons. The molecule has 0 heterocycles. The molecule has 0 spiro atoms. The van der Waals surface area contributed by atoms with Crippen molar-refractivity contribution in [2.24, 2.45) is 5.92 Å². The van der Waals surface area contributed by atoms with Crippen LogP contribution >= 0.6 is 0 Å². The van der Waals surface area contributed by atoms with Gasteiger partial charge in [-0.25, -0.2) is 4.79 Å². The van der Waals surface area contributed by atoms with E-state index >= 15 is 0 Å². The fourth-order valence-corrected chi connectivity index (χ4v) is 4.02. The van der Waals surface area contributed by atoms with Crippen molar-refractivity contribution >= 4 is 11.8 Å². The summed E-state index contributed by atoms with van der Waals surface area (Å²) < 4.78 is 0.308. The third kappa shape index (κ3) is 3.98. The smallest absolute Gasteiger partial charge is 0.374 e. The number of amides is 2. The lowest BCUT2D eigenvalue weighted by Crippen LogP contribution is -2.41. The Bertz CT molecular complexity index is 880. The average molecular weight is 395 g/mol. The van der Waals surface area contributed by atoms with Gasteiger partial charge in [0, 0.05) is 23.9 Å². The summed E-state index contributed by atoms with van der Waals surface area (Å²) in [4.78, 5) is 40.0. The van der Waals surface area contributed by atoms with Crippen molar-refractivity contribution in [2.75, 3.05) is 19.6 Å². The standard InChI is InChI=1S/C23H27N2O4/c1-3-24(4-2)22(28)23(18-13-9-6-10-14-18)15-19(23)16-25(29)21(27)20(26)17-11-7-5-8-12-17/h5-14,19-20,26H,3-4,15-16H2,1-2H3/q+1/t19-,20+,23+/m0/s1. The van der Waals surface area contributed by atoms with E-state index in [2.05, 4.69) is 0 Å². The first kappa shape index (κ1) is 20.9. The van der Waals surface area contributed by atoms with Gasteiger partial charge in [-0.3, -0.25) is 4.79 Å². The van der Waals surface area contributed by atoms with E-state index in [0.29, 0.717) is 29.8 Å². The summed E-state index contributed by atoms with van der Waals surface area (Å²) >= 11 is 0. The van der Waals surface area contributed by atoms with Gasteiger partial charge in [-0.2, -0.15) is 0 Å². The van der Waals surface area contributed by atoms with Crippen molar-refractivity contribution in [1.82, 2.24) is 4.90 Å². The summed E-state index contributed by atoms with van der Waals surface area (Å²) in [5.74, 6) is -1.19. The average Bonchev–Trinajstić information content (AvgIpc) is 3.49. The van der Waals surface area contributed by atoms with Crippen LogP contribution in [0.15, 0.2) is 60.7 Å². The zero-order chi connectivity index (χ0) is 21.0. The fraction of sp³-hybridized carbons (Fsp3) is 0.391. The molecule has 152 valence electrons. The number of aliphatic hydroxyl groups is 1. The van der Waals surface area contributed by atoms with Gasteiger partial charge >= 0.3 is 5.91 Å². The number of benzene rings is 2.